The van der Waals surface area contributed by atoms with Crippen LogP contribution in [0.15, 0.2) is 0 Å². The molecule has 2 amide bonds. The van der Waals surface area contributed by atoms with E-state index in [0.29, 0.717) is 19.4 Å². The van der Waals surface area contributed by atoms with Gasteiger partial charge in [-0.3, -0.25) is 9.59 Å². The highest BCUT2D eigenvalue weighted by atomic mass is 32.2. The molecule has 2 rings (SSSR count). The van der Waals surface area contributed by atoms with Gasteiger partial charge in [0.2, 0.25) is 11.8 Å². The Morgan fingerprint density at radius 3 is 2.79 bits per heavy atom. The Kier molecular flexibility index (Phi) is 5.97. The third-order valence-corrected chi connectivity index (χ3v) is 4.68. The number of carbonyl (C=O) groups is 2. The second kappa shape index (κ2) is 7.75. The molecule has 5 nitrogen and oxygen atoms in total. The van der Waals surface area contributed by atoms with E-state index in [-0.39, 0.29) is 17.9 Å². The van der Waals surface area contributed by atoms with Gasteiger partial charge in [-0.2, -0.15) is 11.8 Å². The predicted octanol–water partition coefficient (Wildman–Crippen LogP) is 0.210. The van der Waals surface area contributed by atoms with Gasteiger partial charge in [-0.25, -0.2) is 0 Å². The van der Waals surface area contributed by atoms with Crippen molar-refractivity contribution in [1.29, 1.82) is 0 Å². The maximum atomic E-state index is 11.8. The zero-order valence-electron chi connectivity index (χ0n) is 11.3. The predicted molar refractivity (Wildman–Crippen MR) is 77.2 cm³/mol. The SMILES string of the molecule is O=C(CC1CSCCN1)NCCC(=O)N1CCCC1. The molecule has 2 N–H and O–H groups in total. The van der Waals surface area contributed by atoms with Crippen molar-refractivity contribution < 1.29 is 9.59 Å². The van der Waals surface area contributed by atoms with E-state index in [1.54, 1.807) is 0 Å². The Hall–Kier alpha value is -0.750. The second-order valence-corrected chi connectivity index (χ2v) is 6.27. The first-order chi connectivity index (χ1) is 9.25. The molecule has 0 aromatic rings. The summed E-state index contributed by atoms with van der Waals surface area (Å²) in [5.41, 5.74) is 0. The van der Waals surface area contributed by atoms with Crippen LogP contribution >= 0.6 is 11.8 Å². The molecule has 2 fully saturated rings. The van der Waals surface area contributed by atoms with Crippen LogP contribution in [0, 0.1) is 0 Å². The molecule has 2 saturated heterocycles. The molecule has 0 spiro atoms. The minimum Gasteiger partial charge on any atom is -0.356 e. The van der Waals surface area contributed by atoms with E-state index >= 15 is 0 Å². The zero-order chi connectivity index (χ0) is 13.5. The van der Waals surface area contributed by atoms with Crippen molar-refractivity contribution in [3.8, 4) is 0 Å². The maximum absolute atomic E-state index is 11.8. The van der Waals surface area contributed by atoms with Crippen LogP contribution in [-0.4, -0.2) is 60.4 Å². The Morgan fingerprint density at radius 1 is 1.32 bits per heavy atom. The van der Waals surface area contributed by atoms with E-state index in [1.165, 1.54) is 0 Å². The van der Waals surface area contributed by atoms with Gasteiger partial charge in [0.05, 0.1) is 0 Å². The van der Waals surface area contributed by atoms with E-state index < -0.39 is 0 Å². The molecule has 1 unspecified atom stereocenters. The minimum absolute atomic E-state index is 0.0502. The first kappa shape index (κ1) is 14.7. The van der Waals surface area contributed by atoms with Gasteiger partial charge in [0.15, 0.2) is 0 Å². The first-order valence-corrected chi connectivity index (χ1v) is 8.27. The van der Waals surface area contributed by atoms with Gasteiger partial charge in [0, 0.05) is 56.6 Å². The lowest BCUT2D eigenvalue weighted by atomic mass is 10.2. The molecule has 0 aliphatic carbocycles. The number of hydrogen-bond acceptors (Lipinski definition) is 4. The summed E-state index contributed by atoms with van der Waals surface area (Å²) in [4.78, 5) is 25.4. The lowest BCUT2D eigenvalue weighted by Crippen LogP contribution is -2.41. The Bertz CT molecular complexity index is 313. The van der Waals surface area contributed by atoms with Crippen molar-refractivity contribution in [2.24, 2.45) is 0 Å². The molecule has 108 valence electrons. The quantitative estimate of drug-likeness (QED) is 0.758. The minimum atomic E-state index is 0.0502. The lowest BCUT2D eigenvalue weighted by molar-refractivity contribution is -0.130. The molecule has 2 aliphatic heterocycles. The highest BCUT2D eigenvalue weighted by molar-refractivity contribution is 7.99. The second-order valence-electron chi connectivity index (χ2n) is 5.12. The number of thioether (sulfide) groups is 1. The summed E-state index contributed by atoms with van der Waals surface area (Å²) < 4.78 is 0. The Morgan fingerprint density at radius 2 is 2.11 bits per heavy atom. The number of nitrogens with zero attached hydrogens (tertiary/aromatic N) is 1. The summed E-state index contributed by atoms with van der Waals surface area (Å²) in [6.45, 7) is 3.22. The molecular weight excluding hydrogens is 262 g/mol. The van der Waals surface area contributed by atoms with Gasteiger partial charge in [-0.15, -0.1) is 0 Å². The Balaban J connectivity index is 1.56. The van der Waals surface area contributed by atoms with Crippen molar-refractivity contribution in [3.05, 3.63) is 0 Å². The molecule has 6 heteroatoms. The number of amides is 2. The van der Waals surface area contributed by atoms with Gasteiger partial charge in [0.1, 0.15) is 0 Å². The molecule has 0 bridgehead atoms. The normalized spacial score (nSPS) is 23.4. The maximum Gasteiger partial charge on any atom is 0.224 e. The van der Waals surface area contributed by atoms with Crippen molar-refractivity contribution in [2.75, 3.05) is 37.7 Å². The third-order valence-electron chi connectivity index (χ3n) is 3.55. The summed E-state index contributed by atoms with van der Waals surface area (Å²) in [6, 6.07) is 0.285. The van der Waals surface area contributed by atoms with Crippen molar-refractivity contribution >= 4 is 23.6 Å². The van der Waals surface area contributed by atoms with Crippen LogP contribution in [0.25, 0.3) is 0 Å². The van der Waals surface area contributed by atoms with Gasteiger partial charge in [-0.05, 0) is 12.8 Å². The summed E-state index contributed by atoms with van der Waals surface area (Å²) in [7, 11) is 0. The number of carbonyl (C=O) groups excluding carboxylic acids is 2. The fourth-order valence-corrected chi connectivity index (χ4v) is 3.43. The number of rotatable bonds is 5. The van der Waals surface area contributed by atoms with Gasteiger partial charge >= 0.3 is 0 Å². The number of nitrogens with one attached hydrogen (secondary N) is 2. The van der Waals surface area contributed by atoms with Gasteiger partial charge in [-0.1, -0.05) is 0 Å². The average Bonchev–Trinajstić information content (AvgIpc) is 2.93. The summed E-state index contributed by atoms with van der Waals surface area (Å²) in [5, 5.41) is 6.19. The number of hydrogen-bond donors (Lipinski definition) is 2. The molecular formula is C13H23N3O2S. The fraction of sp³-hybridized carbons (Fsp3) is 0.846. The van der Waals surface area contributed by atoms with Crippen molar-refractivity contribution in [2.45, 2.75) is 31.7 Å². The van der Waals surface area contributed by atoms with Crippen LogP contribution in [0.3, 0.4) is 0 Å². The van der Waals surface area contributed by atoms with Crippen LogP contribution in [0.4, 0.5) is 0 Å². The molecule has 0 radical (unpaired) electrons. The molecule has 0 saturated carbocycles. The molecule has 2 aliphatic rings. The largest absolute Gasteiger partial charge is 0.356 e. The van der Waals surface area contributed by atoms with Crippen LogP contribution in [0.2, 0.25) is 0 Å². The highest BCUT2D eigenvalue weighted by Crippen LogP contribution is 2.10. The summed E-state index contributed by atoms with van der Waals surface area (Å²) in [5.74, 6) is 2.35. The summed E-state index contributed by atoms with van der Waals surface area (Å²) in [6.07, 6.45) is 3.18. The standard InChI is InChI=1S/C13H23N3O2S/c17-12(9-11-10-19-8-5-14-11)15-4-3-13(18)16-6-1-2-7-16/h11,14H,1-10H2,(H,15,17). The number of likely N-dealkylation sites (tertiary alicyclic amines) is 1. The van der Waals surface area contributed by atoms with E-state index in [1.807, 2.05) is 16.7 Å². The van der Waals surface area contributed by atoms with Gasteiger partial charge in [0.25, 0.3) is 0 Å². The van der Waals surface area contributed by atoms with E-state index in [9.17, 15) is 9.59 Å². The average molecular weight is 285 g/mol. The highest BCUT2D eigenvalue weighted by Gasteiger charge is 2.19. The molecule has 1 atom stereocenters. The summed E-state index contributed by atoms with van der Waals surface area (Å²) >= 11 is 1.89. The zero-order valence-corrected chi connectivity index (χ0v) is 12.1. The molecule has 19 heavy (non-hydrogen) atoms. The lowest BCUT2D eigenvalue weighted by Gasteiger charge is -2.22. The van der Waals surface area contributed by atoms with Crippen molar-refractivity contribution in [3.63, 3.8) is 0 Å². The molecule has 0 aromatic heterocycles. The topological polar surface area (TPSA) is 61.4 Å². The smallest absolute Gasteiger partial charge is 0.224 e. The third kappa shape index (κ3) is 5.03. The monoisotopic (exact) mass is 285 g/mol. The van der Waals surface area contributed by atoms with E-state index in [4.69, 9.17) is 0 Å². The fourth-order valence-electron chi connectivity index (χ4n) is 2.48. The van der Waals surface area contributed by atoms with Crippen molar-refractivity contribution in [1.82, 2.24) is 15.5 Å². The molecule has 0 aromatic carbocycles. The van der Waals surface area contributed by atoms with E-state index in [0.717, 1.165) is 44.0 Å². The van der Waals surface area contributed by atoms with Crippen LogP contribution in [0.1, 0.15) is 25.7 Å². The van der Waals surface area contributed by atoms with Crippen LogP contribution in [0.5, 0.6) is 0 Å². The Labute approximate surface area is 118 Å². The van der Waals surface area contributed by atoms with Crippen LogP contribution in [-0.2, 0) is 9.59 Å². The van der Waals surface area contributed by atoms with E-state index in [2.05, 4.69) is 10.6 Å². The van der Waals surface area contributed by atoms with Gasteiger partial charge < -0.3 is 15.5 Å². The molecule has 2 heterocycles. The van der Waals surface area contributed by atoms with Crippen LogP contribution < -0.4 is 10.6 Å². The first-order valence-electron chi connectivity index (χ1n) is 7.11.